The molecule has 6 heterocycles. The second kappa shape index (κ2) is 36.1. The van der Waals surface area contributed by atoms with Crippen LogP contribution < -0.4 is 57.3 Å². The lowest BCUT2D eigenvalue weighted by atomic mass is 9.84. The number of carbonyl (C=O) groups is 2. The molecule has 0 aromatic rings. The van der Waals surface area contributed by atoms with Gasteiger partial charge in [0.25, 0.3) is 0 Å². The summed E-state index contributed by atoms with van der Waals surface area (Å²) in [5.41, 5.74) is 62.2. The van der Waals surface area contributed by atoms with Crippen molar-refractivity contribution >= 4 is 11.8 Å². The summed E-state index contributed by atoms with van der Waals surface area (Å²) in [5, 5.41) is 87.9. The molecule has 28 atom stereocenters. The Hall–Kier alpha value is -2.18. The van der Waals surface area contributed by atoms with Gasteiger partial charge in [-0.1, -0.05) is 64.2 Å². The number of unbranched alkanes of at least 4 members (excludes halogenated alkanes) is 11. The van der Waals surface area contributed by atoms with Gasteiger partial charge in [0, 0.05) is 116 Å². The zero-order valence-electron chi connectivity index (χ0n) is 53.6. The van der Waals surface area contributed by atoms with E-state index in [1.807, 2.05) is 9.80 Å². The molecular formula is C60H116N14O18. The Labute approximate surface area is 540 Å². The Morgan fingerprint density at radius 1 is 0.348 bits per heavy atom. The molecule has 28 unspecified atom stereocenters. The van der Waals surface area contributed by atoms with Crippen LogP contribution >= 0.6 is 0 Å². The van der Waals surface area contributed by atoms with Crippen LogP contribution in [0.2, 0.25) is 0 Å². The van der Waals surface area contributed by atoms with Gasteiger partial charge in [-0.3, -0.25) is 19.4 Å². The van der Waals surface area contributed by atoms with Gasteiger partial charge in [0.05, 0.1) is 60.8 Å². The number of piperazine rings is 2. The van der Waals surface area contributed by atoms with Crippen LogP contribution in [0.15, 0.2) is 0 Å². The molecular weight excluding hydrogens is 1200 g/mol. The standard InChI is InChI=1S/C60H116N14O18/c61-27-39-37(75)25-35(67)57(85-39)89-53-31(63)23-33(65)55(51(53)83)91-59-49(81)45(69)47(79)41(87-59)29-71-15-19-73(20-16-71)43(77)13-11-9-7-5-3-1-2-4-6-8-10-12-14-44(78)74-21-17-72(18-22-74)30-42-48(80)46(70)50(82)60(88-42)92-56-34(66)24-32(64)54(52(56)84)90-58-36(68)26-38(76)40(28-62)86-58/h31-42,45-60,75-76,79-84H,1-30,61-70H2. The van der Waals surface area contributed by atoms with Gasteiger partial charge in [0.1, 0.15) is 61.0 Å². The van der Waals surface area contributed by atoms with Crippen molar-refractivity contribution in [1.29, 1.82) is 0 Å². The second-order valence-corrected chi connectivity index (χ2v) is 27.3. The zero-order chi connectivity index (χ0) is 66.5. The normalized spacial score (nSPS) is 42.9. The minimum absolute atomic E-state index is 0.0336. The smallest absolute Gasteiger partial charge is 0.222 e. The first kappa shape index (κ1) is 75.6. The highest BCUT2D eigenvalue weighted by Crippen LogP contribution is 2.34. The van der Waals surface area contributed by atoms with Crippen LogP contribution in [0.5, 0.6) is 0 Å². The van der Waals surface area contributed by atoms with Gasteiger partial charge < -0.3 is 146 Å². The van der Waals surface area contributed by atoms with Crippen LogP contribution in [0.4, 0.5) is 0 Å². The maximum Gasteiger partial charge on any atom is 0.222 e. The van der Waals surface area contributed by atoms with Crippen molar-refractivity contribution in [3.8, 4) is 0 Å². The molecule has 0 aromatic carbocycles. The summed E-state index contributed by atoms with van der Waals surface area (Å²) >= 11 is 0. The van der Waals surface area contributed by atoms with Gasteiger partial charge in [0.15, 0.2) is 25.2 Å². The molecule has 92 heavy (non-hydrogen) atoms. The van der Waals surface area contributed by atoms with E-state index >= 15 is 0 Å². The predicted molar refractivity (Wildman–Crippen MR) is 333 cm³/mol. The first-order valence-corrected chi connectivity index (χ1v) is 34.1. The van der Waals surface area contributed by atoms with Crippen molar-refractivity contribution in [3.63, 3.8) is 0 Å². The second-order valence-electron chi connectivity index (χ2n) is 27.3. The summed E-state index contributed by atoms with van der Waals surface area (Å²) in [6.07, 6.45) is -7.59. The molecule has 0 spiro atoms. The third-order valence-corrected chi connectivity index (χ3v) is 20.3. The van der Waals surface area contributed by atoms with Crippen LogP contribution in [-0.4, -0.2) is 322 Å². The zero-order valence-corrected chi connectivity index (χ0v) is 53.6. The molecule has 28 N–H and O–H groups in total. The van der Waals surface area contributed by atoms with E-state index in [1.54, 1.807) is 0 Å². The third kappa shape index (κ3) is 19.8. The van der Waals surface area contributed by atoms with Crippen LogP contribution in [0.25, 0.3) is 0 Å². The third-order valence-electron chi connectivity index (χ3n) is 20.3. The molecule has 6 aliphatic heterocycles. The van der Waals surface area contributed by atoms with Gasteiger partial charge in [-0.2, -0.15) is 0 Å². The van der Waals surface area contributed by atoms with Crippen LogP contribution in [0.1, 0.15) is 116 Å². The number of amides is 2. The highest BCUT2D eigenvalue weighted by Gasteiger charge is 2.53. The average molecular weight is 1320 g/mol. The first-order valence-electron chi connectivity index (χ1n) is 34.1. The molecule has 2 amide bonds. The number of hydrogen-bond donors (Lipinski definition) is 18. The molecule has 2 aliphatic carbocycles. The number of rotatable bonds is 29. The largest absolute Gasteiger partial charge is 0.390 e. The maximum absolute atomic E-state index is 13.2. The molecule has 6 saturated heterocycles. The molecule has 32 nitrogen and oxygen atoms in total. The minimum atomic E-state index is -1.45. The lowest BCUT2D eigenvalue weighted by Crippen LogP contribution is -2.68. The molecule has 0 aromatic heterocycles. The number of nitrogens with zero attached hydrogens (tertiary/aromatic N) is 4. The fraction of sp³-hybridized carbons (Fsp3) is 0.967. The van der Waals surface area contributed by atoms with Crippen molar-refractivity contribution in [2.75, 3.05) is 78.5 Å². The predicted octanol–water partition coefficient (Wildman–Crippen LogP) is -7.81. The molecule has 8 rings (SSSR count). The molecule has 8 aliphatic rings. The SMILES string of the molecule is NCC1OC(OC2C(N)CC(N)C(OC3OC(CN4CCN(C(=O)CCCCCCCCCCCCCCC(=O)N5CCN(CC6OC(OC7C(N)CC(N)C(OC8OC(CN)C(O)CC8N)C7O)C(O)C(N)C6O)CC5)CC4)C(O)C(N)C3O)C2O)C(N)CC1O. The Bertz CT molecular complexity index is 2050. The Balaban J connectivity index is 0.627. The average Bonchev–Trinajstić information content (AvgIpc) is 0.811. The van der Waals surface area contributed by atoms with E-state index in [0.717, 1.165) is 64.2 Å². The molecule has 0 bridgehead atoms. The maximum atomic E-state index is 13.2. The van der Waals surface area contributed by atoms with Gasteiger partial charge in [0.2, 0.25) is 11.8 Å². The highest BCUT2D eigenvalue weighted by molar-refractivity contribution is 5.76. The molecule has 2 saturated carbocycles. The lowest BCUT2D eigenvalue weighted by Gasteiger charge is -2.48. The summed E-state index contributed by atoms with van der Waals surface area (Å²) in [7, 11) is 0. The van der Waals surface area contributed by atoms with E-state index in [-0.39, 0.29) is 63.7 Å². The molecule has 32 heteroatoms. The van der Waals surface area contributed by atoms with Crippen LogP contribution in [0.3, 0.4) is 0 Å². The van der Waals surface area contributed by atoms with E-state index in [4.69, 9.17) is 95.2 Å². The molecule has 534 valence electrons. The number of aliphatic hydroxyl groups excluding tert-OH is 8. The Morgan fingerprint density at radius 3 is 0.935 bits per heavy atom. The van der Waals surface area contributed by atoms with Gasteiger partial charge in [-0.05, 0) is 38.5 Å². The van der Waals surface area contributed by atoms with Gasteiger partial charge >= 0.3 is 0 Å². The fourth-order valence-corrected chi connectivity index (χ4v) is 14.4. The van der Waals surface area contributed by atoms with Gasteiger partial charge in [-0.25, -0.2) is 0 Å². The van der Waals surface area contributed by atoms with Gasteiger partial charge in [-0.15, -0.1) is 0 Å². The molecule has 8 fully saturated rings. The highest BCUT2D eigenvalue weighted by atomic mass is 16.7. The Morgan fingerprint density at radius 2 is 0.630 bits per heavy atom. The van der Waals surface area contributed by atoms with Crippen molar-refractivity contribution < 1.29 is 88.3 Å². The van der Waals surface area contributed by atoms with Crippen molar-refractivity contribution in [2.24, 2.45) is 57.3 Å². The number of hydrogen-bond acceptors (Lipinski definition) is 30. The summed E-state index contributed by atoms with van der Waals surface area (Å²) in [4.78, 5) is 34.3. The number of nitrogens with two attached hydrogens (primary N) is 10. The summed E-state index contributed by atoms with van der Waals surface area (Å²) in [6, 6.07) is -6.70. The van der Waals surface area contributed by atoms with Crippen molar-refractivity contribution in [1.82, 2.24) is 19.6 Å². The lowest BCUT2D eigenvalue weighted by molar-refractivity contribution is -0.313. The monoisotopic (exact) mass is 1320 g/mol. The van der Waals surface area contributed by atoms with E-state index in [1.165, 1.54) is 12.8 Å². The minimum Gasteiger partial charge on any atom is -0.390 e. The van der Waals surface area contributed by atoms with E-state index in [2.05, 4.69) is 9.80 Å². The summed E-state index contributed by atoms with van der Waals surface area (Å²) in [6.45, 7) is 4.91. The van der Waals surface area contributed by atoms with Crippen molar-refractivity contribution in [2.45, 2.75) is 287 Å². The topological polar surface area (TPSA) is 543 Å². The number of aliphatic hydroxyl groups is 8. The van der Waals surface area contributed by atoms with E-state index < -0.39 is 171 Å². The first-order chi connectivity index (χ1) is 44.0. The fourth-order valence-electron chi connectivity index (χ4n) is 14.4. The van der Waals surface area contributed by atoms with E-state index in [9.17, 15) is 50.4 Å². The van der Waals surface area contributed by atoms with E-state index in [0.29, 0.717) is 65.2 Å². The van der Waals surface area contributed by atoms with Crippen LogP contribution in [0, 0.1) is 0 Å². The van der Waals surface area contributed by atoms with Crippen LogP contribution in [-0.2, 0) is 47.5 Å². The quantitative estimate of drug-likeness (QED) is 0.0309. The summed E-state index contributed by atoms with van der Waals surface area (Å²) in [5.74, 6) is 0.254. The molecule has 0 radical (unpaired) electrons. The number of ether oxygens (including phenoxy) is 8. The summed E-state index contributed by atoms with van der Waals surface area (Å²) < 4.78 is 48.4. The number of carbonyl (C=O) groups excluding carboxylic acids is 2. The Kier molecular flexibility index (Phi) is 29.6. The van der Waals surface area contributed by atoms with Crippen molar-refractivity contribution in [3.05, 3.63) is 0 Å².